The lowest BCUT2D eigenvalue weighted by atomic mass is 9.85. The predicted octanol–water partition coefficient (Wildman–Crippen LogP) is 1.43. The van der Waals surface area contributed by atoms with Gasteiger partial charge in [0.2, 0.25) is 0 Å². The number of aliphatic hydroxyl groups excluding tert-OH is 1. The molecule has 106 valence electrons. The minimum absolute atomic E-state index is 0.0199. The highest BCUT2D eigenvalue weighted by molar-refractivity contribution is 5.77. The van der Waals surface area contributed by atoms with Crippen LogP contribution in [0.1, 0.15) is 17.0 Å². The van der Waals surface area contributed by atoms with Crippen molar-refractivity contribution in [3.8, 4) is 0 Å². The SMILES string of the molecule is OCCc1ccccc1C1(c2ncnc(F)n2)C=CC=N1. The van der Waals surface area contributed by atoms with Crippen LogP contribution >= 0.6 is 0 Å². The summed E-state index contributed by atoms with van der Waals surface area (Å²) in [6.07, 6.45) is 6.01. The van der Waals surface area contributed by atoms with Crippen molar-refractivity contribution >= 4 is 6.21 Å². The number of benzene rings is 1. The van der Waals surface area contributed by atoms with Gasteiger partial charge in [0.15, 0.2) is 11.4 Å². The average Bonchev–Trinajstić information content (AvgIpc) is 2.99. The van der Waals surface area contributed by atoms with Crippen LogP contribution in [0.15, 0.2) is 47.7 Å². The molecule has 2 aromatic rings. The van der Waals surface area contributed by atoms with Gasteiger partial charge < -0.3 is 5.11 Å². The van der Waals surface area contributed by atoms with Gasteiger partial charge in [-0.1, -0.05) is 24.3 Å². The van der Waals surface area contributed by atoms with Crippen molar-refractivity contribution in [1.29, 1.82) is 0 Å². The first-order valence-electron chi connectivity index (χ1n) is 6.53. The first kappa shape index (κ1) is 13.5. The Balaban J connectivity index is 2.20. The molecular weight excluding hydrogens is 271 g/mol. The summed E-state index contributed by atoms with van der Waals surface area (Å²) in [7, 11) is 0. The first-order chi connectivity index (χ1) is 10.3. The Labute approximate surface area is 120 Å². The van der Waals surface area contributed by atoms with Gasteiger partial charge in [-0.15, -0.1) is 0 Å². The molecule has 1 aromatic carbocycles. The Bertz CT molecular complexity index is 702. The summed E-state index contributed by atoms with van der Waals surface area (Å²) < 4.78 is 13.4. The summed E-state index contributed by atoms with van der Waals surface area (Å²) >= 11 is 0. The van der Waals surface area contributed by atoms with Crippen molar-refractivity contribution < 1.29 is 9.50 Å². The third-order valence-corrected chi connectivity index (χ3v) is 3.39. The molecule has 3 rings (SSSR count). The molecule has 1 aliphatic heterocycles. The van der Waals surface area contributed by atoms with E-state index in [9.17, 15) is 9.50 Å². The van der Waals surface area contributed by atoms with E-state index in [1.807, 2.05) is 30.3 Å². The molecule has 0 spiro atoms. The van der Waals surface area contributed by atoms with E-state index in [1.54, 1.807) is 12.3 Å². The van der Waals surface area contributed by atoms with Gasteiger partial charge in [-0.3, -0.25) is 4.99 Å². The molecule has 21 heavy (non-hydrogen) atoms. The van der Waals surface area contributed by atoms with E-state index in [0.29, 0.717) is 6.42 Å². The summed E-state index contributed by atoms with van der Waals surface area (Å²) in [5.74, 6) is 0.227. The number of aromatic nitrogens is 3. The molecule has 6 heteroatoms. The van der Waals surface area contributed by atoms with Crippen LogP contribution in [0.5, 0.6) is 0 Å². The van der Waals surface area contributed by atoms with E-state index >= 15 is 0 Å². The number of rotatable bonds is 4. The fourth-order valence-electron chi connectivity index (χ4n) is 2.49. The molecule has 1 aliphatic rings. The number of hydrogen-bond acceptors (Lipinski definition) is 5. The zero-order valence-electron chi connectivity index (χ0n) is 11.1. The number of aliphatic hydroxyl groups is 1. The fraction of sp³-hybridized carbons (Fsp3) is 0.200. The molecule has 0 amide bonds. The van der Waals surface area contributed by atoms with Gasteiger partial charge in [-0.2, -0.15) is 14.4 Å². The fourth-order valence-corrected chi connectivity index (χ4v) is 2.49. The molecule has 2 heterocycles. The molecule has 0 saturated heterocycles. The second-order valence-electron chi connectivity index (χ2n) is 4.61. The Morgan fingerprint density at radius 3 is 2.76 bits per heavy atom. The molecular formula is C15H13FN4O. The van der Waals surface area contributed by atoms with Crippen LogP contribution in [0.4, 0.5) is 4.39 Å². The molecule has 1 aromatic heterocycles. The molecule has 1 unspecified atom stereocenters. The summed E-state index contributed by atoms with van der Waals surface area (Å²) in [6.45, 7) is 0.0199. The smallest absolute Gasteiger partial charge is 0.311 e. The maximum atomic E-state index is 13.4. The third-order valence-electron chi connectivity index (χ3n) is 3.39. The van der Waals surface area contributed by atoms with Gasteiger partial charge in [-0.05, 0) is 29.7 Å². The van der Waals surface area contributed by atoms with Gasteiger partial charge in [0.1, 0.15) is 6.33 Å². The van der Waals surface area contributed by atoms with Crippen molar-refractivity contribution in [2.24, 2.45) is 4.99 Å². The Morgan fingerprint density at radius 2 is 2.05 bits per heavy atom. The molecule has 0 saturated carbocycles. The van der Waals surface area contributed by atoms with Gasteiger partial charge in [0.05, 0.1) is 0 Å². The molecule has 0 fully saturated rings. The van der Waals surface area contributed by atoms with Crippen LogP contribution in [-0.2, 0) is 12.0 Å². The van der Waals surface area contributed by atoms with E-state index in [-0.39, 0.29) is 12.4 Å². The Kier molecular flexibility index (Phi) is 3.53. The van der Waals surface area contributed by atoms with E-state index < -0.39 is 11.6 Å². The van der Waals surface area contributed by atoms with Gasteiger partial charge in [0.25, 0.3) is 0 Å². The van der Waals surface area contributed by atoms with Crippen molar-refractivity contribution in [3.05, 3.63) is 65.8 Å². The average molecular weight is 284 g/mol. The molecule has 5 nitrogen and oxygen atoms in total. The minimum atomic E-state index is -0.963. The minimum Gasteiger partial charge on any atom is -0.396 e. The molecule has 1 atom stereocenters. The van der Waals surface area contributed by atoms with Gasteiger partial charge in [-0.25, -0.2) is 4.98 Å². The quantitative estimate of drug-likeness (QED) is 0.922. The maximum absolute atomic E-state index is 13.4. The highest BCUT2D eigenvalue weighted by Gasteiger charge is 2.37. The monoisotopic (exact) mass is 284 g/mol. The second kappa shape index (κ2) is 5.49. The van der Waals surface area contributed by atoms with Crippen molar-refractivity contribution in [3.63, 3.8) is 0 Å². The number of aliphatic imine (C=N–C) groups is 1. The van der Waals surface area contributed by atoms with E-state index in [2.05, 4.69) is 19.9 Å². The molecule has 0 aliphatic carbocycles. The van der Waals surface area contributed by atoms with Crippen LogP contribution in [0, 0.1) is 6.08 Å². The molecule has 1 N–H and O–H groups in total. The van der Waals surface area contributed by atoms with Gasteiger partial charge in [0, 0.05) is 12.8 Å². The Hall–Kier alpha value is -2.47. The van der Waals surface area contributed by atoms with Crippen LogP contribution in [0.3, 0.4) is 0 Å². The summed E-state index contributed by atoms with van der Waals surface area (Å²) in [5, 5.41) is 9.23. The topological polar surface area (TPSA) is 71.3 Å². The number of hydrogen-bond donors (Lipinski definition) is 1. The summed E-state index contributed by atoms with van der Waals surface area (Å²) in [6, 6.07) is 7.56. The second-order valence-corrected chi connectivity index (χ2v) is 4.61. The zero-order chi connectivity index (χ0) is 14.7. The predicted molar refractivity (Wildman–Crippen MR) is 75.4 cm³/mol. The van der Waals surface area contributed by atoms with E-state index in [4.69, 9.17) is 0 Å². The lowest BCUT2D eigenvalue weighted by Crippen LogP contribution is -2.26. The van der Waals surface area contributed by atoms with E-state index in [0.717, 1.165) is 17.5 Å². The lowest BCUT2D eigenvalue weighted by Gasteiger charge is -2.25. The van der Waals surface area contributed by atoms with Gasteiger partial charge >= 0.3 is 6.08 Å². The highest BCUT2D eigenvalue weighted by atomic mass is 19.1. The standard InChI is InChI=1S/C15H13FN4O/c16-14-18-10-17-13(20-14)15(7-3-8-19-15)12-5-2-1-4-11(12)6-9-21/h1-5,7-8,10,21H,6,9H2. The van der Waals surface area contributed by atoms with Crippen LogP contribution < -0.4 is 0 Å². The van der Waals surface area contributed by atoms with Crippen LogP contribution in [-0.4, -0.2) is 32.9 Å². The summed E-state index contributed by atoms with van der Waals surface area (Å²) in [5.41, 5.74) is 0.786. The number of halogens is 1. The van der Waals surface area contributed by atoms with Crippen molar-refractivity contribution in [1.82, 2.24) is 15.0 Å². The number of nitrogens with zero attached hydrogens (tertiary/aromatic N) is 4. The third kappa shape index (κ3) is 2.34. The van der Waals surface area contributed by atoms with Crippen molar-refractivity contribution in [2.75, 3.05) is 6.61 Å². The van der Waals surface area contributed by atoms with E-state index in [1.165, 1.54) is 0 Å². The number of allylic oxidation sites excluding steroid dienone is 1. The molecule has 0 bridgehead atoms. The highest BCUT2D eigenvalue weighted by Crippen LogP contribution is 2.37. The lowest BCUT2D eigenvalue weighted by molar-refractivity contribution is 0.299. The largest absolute Gasteiger partial charge is 0.396 e. The normalized spacial score (nSPS) is 20.1. The van der Waals surface area contributed by atoms with Crippen LogP contribution in [0.2, 0.25) is 0 Å². The summed E-state index contributed by atoms with van der Waals surface area (Å²) in [4.78, 5) is 15.7. The zero-order valence-corrected chi connectivity index (χ0v) is 11.1. The first-order valence-corrected chi connectivity index (χ1v) is 6.53. The molecule has 0 radical (unpaired) electrons. The Morgan fingerprint density at radius 1 is 1.19 bits per heavy atom. The van der Waals surface area contributed by atoms with Crippen LogP contribution in [0.25, 0.3) is 0 Å². The maximum Gasteiger partial charge on any atom is 0.311 e. The van der Waals surface area contributed by atoms with Crippen molar-refractivity contribution in [2.45, 2.75) is 12.0 Å².